The van der Waals surface area contributed by atoms with Crippen LogP contribution in [0.2, 0.25) is 0 Å². The van der Waals surface area contributed by atoms with Crippen LogP contribution in [0.15, 0.2) is 0 Å². The lowest BCUT2D eigenvalue weighted by atomic mass is 9.82. The van der Waals surface area contributed by atoms with Gasteiger partial charge in [0.15, 0.2) is 0 Å². The van der Waals surface area contributed by atoms with E-state index in [-0.39, 0.29) is 6.04 Å². The smallest absolute Gasteiger partial charge is 0.0657 e. The van der Waals surface area contributed by atoms with E-state index < -0.39 is 0 Å². The van der Waals surface area contributed by atoms with Gasteiger partial charge in [-0.3, -0.25) is 4.68 Å². The predicted octanol–water partition coefficient (Wildman–Crippen LogP) is 4.04. The minimum absolute atomic E-state index is 0.214. The highest BCUT2D eigenvalue weighted by molar-refractivity contribution is 5.28. The fourth-order valence-electron chi connectivity index (χ4n) is 4.03. The van der Waals surface area contributed by atoms with E-state index in [1.165, 1.54) is 49.1 Å². The van der Waals surface area contributed by atoms with Crippen LogP contribution in [0.1, 0.15) is 82.8 Å². The van der Waals surface area contributed by atoms with Gasteiger partial charge in [0.05, 0.1) is 11.7 Å². The van der Waals surface area contributed by atoms with E-state index in [0.29, 0.717) is 6.04 Å². The van der Waals surface area contributed by atoms with Gasteiger partial charge < -0.3 is 5.73 Å². The number of aromatic nitrogens is 2. The van der Waals surface area contributed by atoms with Crippen molar-refractivity contribution in [2.24, 2.45) is 11.7 Å². The summed E-state index contributed by atoms with van der Waals surface area (Å²) >= 11 is 0. The highest BCUT2D eigenvalue weighted by Crippen LogP contribution is 2.37. The van der Waals surface area contributed by atoms with Crippen LogP contribution in [0.4, 0.5) is 0 Å². The molecule has 1 aliphatic carbocycles. The van der Waals surface area contributed by atoms with Gasteiger partial charge in [0, 0.05) is 11.7 Å². The molecule has 1 aromatic rings. The maximum Gasteiger partial charge on any atom is 0.0657 e. The summed E-state index contributed by atoms with van der Waals surface area (Å²) in [5, 5.41) is 5.04. The van der Waals surface area contributed by atoms with E-state index in [2.05, 4.69) is 32.4 Å². The highest BCUT2D eigenvalue weighted by atomic mass is 15.3. The molecule has 21 heavy (non-hydrogen) atoms. The molecule has 0 saturated heterocycles. The molecule has 0 spiro atoms. The molecule has 2 rings (SSSR count). The maximum atomic E-state index is 6.08. The first-order valence-corrected chi connectivity index (χ1v) is 8.96. The van der Waals surface area contributed by atoms with Gasteiger partial charge in [0.2, 0.25) is 0 Å². The Labute approximate surface area is 130 Å². The monoisotopic (exact) mass is 291 g/mol. The maximum absolute atomic E-state index is 6.08. The first-order valence-electron chi connectivity index (χ1n) is 8.96. The van der Waals surface area contributed by atoms with Crippen molar-refractivity contribution in [2.45, 2.75) is 91.1 Å². The summed E-state index contributed by atoms with van der Waals surface area (Å²) in [7, 11) is 0. The number of rotatable bonds is 6. The molecular weight excluding hydrogens is 258 g/mol. The Kier molecular flexibility index (Phi) is 5.86. The van der Waals surface area contributed by atoms with Crippen LogP contribution in [-0.4, -0.2) is 15.8 Å². The molecule has 2 N–H and O–H groups in total. The van der Waals surface area contributed by atoms with Crippen molar-refractivity contribution < 1.29 is 0 Å². The molecular formula is C18H33N3. The molecule has 1 fully saturated rings. The molecule has 1 heterocycles. The third-order valence-corrected chi connectivity index (χ3v) is 5.11. The first-order chi connectivity index (χ1) is 10.1. The van der Waals surface area contributed by atoms with Gasteiger partial charge in [-0.1, -0.05) is 40.0 Å². The zero-order valence-corrected chi connectivity index (χ0v) is 14.4. The second-order valence-corrected chi connectivity index (χ2v) is 6.73. The van der Waals surface area contributed by atoms with Crippen LogP contribution < -0.4 is 5.73 Å². The van der Waals surface area contributed by atoms with Crippen LogP contribution in [0.5, 0.6) is 0 Å². The molecule has 0 amide bonds. The van der Waals surface area contributed by atoms with Gasteiger partial charge in [-0.2, -0.15) is 5.10 Å². The molecule has 3 atom stereocenters. The van der Waals surface area contributed by atoms with E-state index in [0.717, 1.165) is 25.2 Å². The zero-order chi connectivity index (χ0) is 15.4. The topological polar surface area (TPSA) is 43.8 Å². The van der Waals surface area contributed by atoms with Crippen molar-refractivity contribution >= 4 is 0 Å². The lowest BCUT2D eigenvalue weighted by molar-refractivity contribution is 0.212. The summed E-state index contributed by atoms with van der Waals surface area (Å²) < 4.78 is 2.41. The van der Waals surface area contributed by atoms with Crippen molar-refractivity contribution in [3.8, 4) is 0 Å². The molecule has 3 heteroatoms. The first kappa shape index (κ1) is 16.5. The Balaban J connectivity index is 2.40. The second-order valence-electron chi connectivity index (χ2n) is 6.73. The largest absolute Gasteiger partial charge is 0.328 e. The lowest BCUT2D eigenvalue weighted by Crippen LogP contribution is -2.25. The summed E-state index contributed by atoms with van der Waals surface area (Å²) in [6, 6.07) is 0.831. The standard InChI is InChI=1S/C18H33N3/c1-5-14-10-8-9-11-18(14)21-17(7-3)15(12-13(4)19)16(6-2)20-21/h13-14,18H,5-12,19H2,1-4H3. The molecule has 3 unspecified atom stereocenters. The quantitative estimate of drug-likeness (QED) is 0.859. The SMILES string of the molecule is CCc1nn(C2CCCCC2CC)c(CC)c1CC(C)N. The molecule has 1 aliphatic rings. The normalized spacial score (nSPS) is 24.2. The van der Waals surface area contributed by atoms with Crippen molar-refractivity contribution in [3.05, 3.63) is 17.0 Å². The average molecular weight is 291 g/mol. The molecule has 1 saturated carbocycles. The van der Waals surface area contributed by atoms with Gasteiger partial charge >= 0.3 is 0 Å². The van der Waals surface area contributed by atoms with Crippen LogP contribution in [0.25, 0.3) is 0 Å². The van der Waals surface area contributed by atoms with Crippen LogP contribution in [0.3, 0.4) is 0 Å². The van der Waals surface area contributed by atoms with Crippen molar-refractivity contribution in [1.82, 2.24) is 9.78 Å². The Morgan fingerprint density at radius 3 is 2.48 bits per heavy atom. The Morgan fingerprint density at radius 2 is 1.90 bits per heavy atom. The summed E-state index contributed by atoms with van der Waals surface area (Å²) in [5.74, 6) is 0.803. The number of aryl methyl sites for hydroxylation is 1. The number of nitrogens with two attached hydrogens (primary N) is 1. The fourth-order valence-corrected chi connectivity index (χ4v) is 4.03. The third-order valence-electron chi connectivity index (χ3n) is 5.11. The van der Waals surface area contributed by atoms with E-state index in [1.54, 1.807) is 0 Å². The number of nitrogens with zero attached hydrogens (tertiary/aromatic N) is 2. The van der Waals surface area contributed by atoms with Crippen molar-refractivity contribution in [3.63, 3.8) is 0 Å². The molecule has 0 radical (unpaired) electrons. The number of hydrogen-bond donors (Lipinski definition) is 1. The molecule has 120 valence electrons. The fraction of sp³-hybridized carbons (Fsp3) is 0.833. The summed E-state index contributed by atoms with van der Waals surface area (Å²) in [6.45, 7) is 8.92. The van der Waals surface area contributed by atoms with Gasteiger partial charge in [-0.05, 0) is 50.5 Å². The molecule has 0 bridgehead atoms. The molecule has 0 aromatic carbocycles. The zero-order valence-electron chi connectivity index (χ0n) is 14.4. The van der Waals surface area contributed by atoms with Crippen molar-refractivity contribution in [2.75, 3.05) is 0 Å². The predicted molar refractivity (Wildman–Crippen MR) is 89.6 cm³/mol. The van der Waals surface area contributed by atoms with E-state index in [4.69, 9.17) is 10.8 Å². The number of hydrogen-bond acceptors (Lipinski definition) is 2. The van der Waals surface area contributed by atoms with Crippen LogP contribution in [-0.2, 0) is 19.3 Å². The second kappa shape index (κ2) is 7.44. The van der Waals surface area contributed by atoms with Gasteiger partial charge in [0.1, 0.15) is 0 Å². The third kappa shape index (κ3) is 3.50. The minimum atomic E-state index is 0.214. The Bertz CT molecular complexity index is 448. The van der Waals surface area contributed by atoms with Gasteiger partial charge in [0.25, 0.3) is 0 Å². The van der Waals surface area contributed by atoms with E-state index in [9.17, 15) is 0 Å². The van der Waals surface area contributed by atoms with Gasteiger partial charge in [-0.25, -0.2) is 0 Å². The average Bonchev–Trinajstić information content (AvgIpc) is 2.83. The minimum Gasteiger partial charge on any atom is -0.328 e. The lowest BCUT2D eigenvalue weighted by Gasteiger charge is -2.32. The summed E-state index contributed by atoms with van der Waals surface area (Å²) in [6.07, 6.45) is 9.75. The van der Waals surface area contributed by atoms with Crippen LogP contribution >= 0.6 is 0 Å². The molecule has 3 nitrogen and oxygen atoms in total. The summed E-state index contributed by atoms with van der Waals surface area (Å²) in [5.41, 5.74) is 10.3. The molecule has 0 aliphatic heterocycles. The van der Waals surface area contributed by atoms with Crippen molar-refractivity contribution in [1.29, 1.82) is 0 Å². The van der Waals surface area contributed by atoms with Crippen LogP contribution in [0, 0.1) is 5.92 Å². The van der Waals surface area contributed by atoms with E-state index >= 15 is 0 Å². The molecule has 1 aromatic heterocycles. The van der Waals surface area contributed by atoms with E-state index in [1.807, 2.05) is 0 Å². The van der Waals surface area contributed by atoms with Gasteiger partial charge in [-0.15, -0.1) is 0 Å². The Morgan fingerprint density at radius 1 is 1.19 bits per heavy atom. The summed E-state index contributed by atoms with van der Waals surface area (Å²) in [4.78, 5) is 0. The Hall–Kier alpha value is -0.830. The highest BCUT2D eigenvalue weighted by Gasteiger charge is 2.29.